The van der Waals surface area contributed by atoms with E-state index in [2.05, 4.69) is 9.97 Å². The van der Waals surface area contributed by atoms with Crippen LogP contribution in [-0.4, -0.2) is 45.9 Å². The molecular formula is C17H19N3O4S. The molecule has 2 fully saturated rings. The van der Waals surface area contributed by atoms with Crippen LogP contribution in [-0.2, 0) is 16.0 Å². The molecule has 2 aliphatic rings. The summed E-state index contributed by atoms with van der Waals surface area (Å²) in [4.78, 5) is 35.9. The zero-order valence-electron chi connectivity index (χ0n) is 14.1. The Morgan fingerprint density at radius 2 is 2.28 bits per heavy atom. The number of carbonyl (C=O) groups excluding carboxylic acids is 2. The van der Waals surface area contributed by atoms with E-state index in [0.29, 0.717) is 18.5 Å². The number of aryl methyl sites for hydroxylation is 1. The normalized spacial score (nSPS) is 27.7. The van der Waals surface area contributed by atoms with Gasteiger partial charge in [-0.2, -0.15) is 0 Å². The van der Waals surface area contributed by atoms with Gasteiger partial charge in [0.2, 0.25) is 5.76 Å². The number of nitrogens with zero attached hydrogens (tertiary/aromatic N) is 3. The van der Waals surface area contributed by atoms with E-state index in [-0.39, 0.29) is 29.7 Å². The van der Waals surface area contributed by atoms with E-state index in [4.69, 9.17) is 9.15 Å². The highest BCUT2D eigenvalue weighted by atomic mass is 32.1. The summed E-state index contributed by atoms with van der Waals surface area (Å²) in [6, 6.07) is -0.191. The van der Waals surface area contributed by atoms with E-state index in [1.54, 1.807) is 12.4 Å². The molecule has 132 valence electrons. The number of hydrogen-bond donors (Lipinski definition) is 0. The lowest BCUT2D eigenvalue weighted by molar-refractivity contribution is -0.154. The number of carbonyl (C=O) groups is 2. The van der Waals surface area contributed by atoms with E-state index in [9.17, 15) is 9.59 Å². The van der Waals surface area contributed by atoms with Crippen LogP contribution in [0.25, 0.3) is 0 Å². The number of amides is 1. The second-order valence-corrected chi connectivity index (χ2v) is 7.45. The van der Waals surface area contributed by atoms with Crippen LogP contribution in [0.2, 0.25) is 0 Å². The van der Waals surface area contributed by atoms with Crippen molar-refractivity contribution in [2.45, 2.75) is 44.7 Å². The van der Waals surface area contributed by atoms with E-state index < -0.39 is 5.41 Å². The Hall–Kier alpha value is -2.22. The van der Waals surface area contributed by atoms with Crippen molar-refractivity contribution in [1.82, 2.24) is 14.9 Å². The Morgan fingerprint density at radius 1 is 1.44 bits per heavy atom. The monoisotopic (exact) mass is 361 g/mol. The Balaban J connectivity index is 1.70. The van der Waals surface area contributed by atoms with Crippen molar-refractivity contribution >= 4 is 23.2 Å². The second kappa shape index (κ2) is 5.94. The van der Waals surface area contributed by atoms with Crippen LogP contribution in [0, 0.1) is 12.3 Å². The minimum Gasteiger partial charge on any atom is -0.469 e. The molecule has 0 N–H and O–H groups in total. The first-order valence-electron chi connectivity index (χ1n) is 8.25. The first kappa shape index (κ1) is 16.3. The summed E-state index contributed by atoms with van der Waals surface area (Å²) in [6.07, 6.45) is 4.04. The predicted octanol–water partition coefficient (Wildman–Crippen LogP) is 2.22. The zero-order chi connectivity index (χ0) is 17.6. The zero-order valence-corrected chi connectivity index (χ0v) is 14.9. The molecule has 2 saturated heterocycles. The molecule has 3 atom stereocenters. The highest BCUT2D eigenvalue weighted by Crippen LogP contribution is 2.52. The molecular weight excluding hydrogens is 342 g/mol. The van der Waals surface area contributed by atoms with E-state index >= 15 is 0 Å². The molecule has 0 aliphatic carbocycles. The van der Waals surface area contributed by atoms with Crippen molar-refractivity contribution in [3.05, 3.63) is 34.4 Å². The fourth-order valence-electron chi connectivity index (χ4n) is 4.45. The number of hydrogen-bond acceptors (Lipinski definition) is 7. The lowest BCUT2D eigenvalue weighted by atomic mass is 9.71. The van der Waals surface area contributed by atoms with Crippen LogP contribution in [0.3, 0.4) is 0 Å². The minimum atomic E-state index is -0.741. The maximum atomic E-state index is 13.0. The SMILES string of the molecule is COC(=O)[C@@]1(Cc2cscn2)C[C@H]2CC[C@@H]1N2C(=O)c1ocnc1C. The standard InChI is InChI=1S/C17H19N3O4S/c1-10-14(24-8-18-10)15(21)20-12-3-4-13(20)17(6-12,16(22)23-2)5-11-7-25-9-19-11/h7-9,12-13H,3-6H2,1-2H3/t12-,13+,17+/m1/s1. The first-order chi connectivity index (χ1) is 12.1. The Labute approximate surface area is 149 Å². The number of thiazole rings is 1. The molecule has 0 aromatic carbocycles. The minimum absolute atomic E-state index is 0.0136. The number of rotatable bonds is 4. The lowest BCUT2D eigenvalue weighted by Gasteiger charge is -2.34. The molecule has 0 spiro atoms. The van der Waals surface area contributed by atoms with Crippen molar-refractivity contribution in [2.75, 3.05) is 7.11 Å². The Morgan fingerprint density at radius 3 is 2.92 bits per heavy atom. The van der Waals surface area contributed by atoms with E-state index in [0.717, 1.165) is 18.5 Å². The molecule has 4 rings (SSSR count). The van der Waals surface area contributed by atoms with Gasteiger partial charge in [-0.3, -0.25) is 9.59 Å². The summed E-state index contributed by atoms with van der Waals surface area (Å²) in [5.74, 6) is -0.197. The third kappa shape index (κ3) is 2.38. The van der Waals surface area contributed by atoms with Crippen molar-refractivity contribution < 1.29 is 18.7 Å². The van der Waals surface area contributed by atoms with Gasteiger partial charge < -0.3 is 14.1 Å². The molecule has 0 radical (unpaired) electrons. The van der Waals surface area contributed by atoms with Crippen LogP contribution in [0.4, 0.5) is 0 Å². The van der Waals surface area contributed by atoms with Gasteiger partial charge in [0, 0.05) is 23.9 Å². The number of aromatic nitrogens is 2. The molecule has 1 amide bonds. The van der Waals surface area contributed by atoms with Gasteiger partial charge in [-0.1, -0.05) is 0 Å². The summed E-state index contributed by atoms with van der Waals surface area (Å²) in [6.45, 7) is 1.75. The summed E-state index contributed by atoms with van der Waals surface area (Å²) in [7, 11) is 1.41. The molecule has 8 heteroatoms. The van der Waals surface area contributed by atoms with Gasteiger partial charge in [0.1, 0.15) is 0 Å². The number of fused-ring (bicyclic) bond motifs is 2. The molecule has 2 aromatic heterocycles. The lowest BCUT2D eigenvalue weighted by Crippen LogP contribution is -2.47. The fraction of sp³-hybridized carbons (Fsp3) is 0.529. The summed E-state index contributed by atoms with van der Waals surface area (Å²) >= 11 is 1.50. The molecule has 4 heterocycles. The summed E-state index contributed by atoms with van der Waals surface area (Å²) in [5, 5.41) is 1.95. The van der Waals surface area contributed by atoms with Crippen molar-refractivity contribution in [3.8, 4) is 0 Å². The highest BCUT2D eigenvalue weighted by Gasteiger charge is 2.62. The number of esters is 1. The molecule has 2 bridgehead atoms. The van der Waals surface area contributed by atoms with Gasteiger partial charge >= 0.3 is 5.97 Å². The second-order valence-electron chi connectivity index (χ2n) is 6.73. The van der Waals surface area contributed by atoms with Crippen LogP contribution in [0.5, 0.6) is 0 Å². The topological polar surface area (TPSA) is 85.5 Å². The molecule has 25 heavy (non-hydrogen) atoms. The number of methoxy groups -OCH3 is 1. The fourth-order valence-corrected chi connectivity index (χ4v) is 5.01. The molecule has 0 unspecified atom stereocenters. The van der Waals surface area contributed by atoms with Crippen molar-refractivity contribution in [1.29, 1.82) is 0 Å². The van der Waals surface area contributed by atoms with Crippen LogP contribution < -0.4 is 0 Å². The Kier molecular flexibility index (Phi) is 3.87. The maximum absolute atomic E-state index is 13.0. The smallest absolute Gasteiger partial charge is 0.314 e. The molecule has 7 nitrogen and oxygen atoms in total. The molecule has 2 aliphatic heterocycles. The molecule has 0 saturated carbocycles. The third-order valence-corrected chi connectivity index (χ3v) is 6.12. The Bertz CT molecular complexity index is 803. The maximum Gasteiger partial charge on any atom is 0.314 e. The summed E-state index contributed by atoms with van der Waals surface area (Å²) in [5.41, 5.74) is 2.45. The third-order valence-electron chi connectivity index (χ3n) is 5.49. The number of oxazole rings is 1. The highest BCUT2D eigenvalue weighted by molar-refractivity contribution is 7.07. The van der Waals surface area contributed by atoms with Crippen molar-refractivity contribution in [2.24, 2.45) is 5.41 Å². The first-order valence-corrected chi connectivity index (χ1v) is 9.19. The van der Waals surface area contributed by atoms with Gasteiger partial charge in [0.25, 0.3) is 5.91 Å². The van der Waals surface area contributed by atoms with Crippen molar-refractivity contribution in [3.63, 3.8) is 0 Å². The number of ether oxygens (including phenoxy) is 1. The summed E-state index contributed by atoms with van der Waals surface area (Å²) < 4.78 is 10.4. The average Bonchev–Trinajstić information content (AvgIpc) is 3.37. The predicted molar refractivity (Wildman–Crippen MR) is 89.1 cm³/mol. The van der Waals surface area contributed by atoms with E-state index in [1.165, 1.54) is 24.8 Å². The van der Waals surface area contributed by atoms with Gasteiger partial charge in [0.15, 0.2) is 6.39 Å². The van der Waals surface area contributed by atoms with Gasteiger partial charge in [-0.25, -0.2) is 9.97 Å². The largest absolute Gasteiger partial charge is 0.469 e. The van der Waals surface area contributed by atoms with Gasteiger partial charge in [-0.05, 0) is 26.2 Å². The average molecular weight is 361 g/mol. The van der Waals surface area contributed by atoms with Crippen LogP contribution in [0.1, 0.15) is 41.2 Å². The van der Waals surface area contributed by atoms with Crippen LogP contribution in [0.15, 0.2) is 21.7 Å². The quantitative estimate of drug-likeness (QED) is 0.776. The van der Waals surface area contributed by atoms with E-state index in [1.807, 2.05) is 10.3 Å². The molecule has 2 aromatic rings. The van der Waals surface area contributed by atoms with Gasteiger partial charge in [-0.15, -0.1) is 11.3 Å². The van der Waals surface area contributed by atoms with Gasteiger partial charge in [0.05, 0.1) is 29.4 Å². The van der Waals surface area contributed by atoms with Crippen LogP contribution >= 0.6 is 11.3 Å².